The highest BCUT2D eigenvalue weighted by atomic mass is 35.5. The van der Waals surface area contributed by atoms with Gasteiger partial charge in [0.05, 0.1) is 22.3 Å². The van der Waals surface area contributed by atoms with Crippen LogP contribution in [0.3, 0.4) is 0 Å². The first-order chi connectivity index (χ1) is 12.9. The molecular weight excluding hydrogens is 382 g/mol. The van der Waals surface area contributed by atoms with Crippen molar-refractivity contribution in [2.45, 2.75) is 26.9 Å². The van der Waals surface area contributed by atoms with Gasteiger partial charge in [-0.1, -0.05) is 30.7 Å². The number of thioether (sulfide) groups is 1. The molecule has 0 saturated carbocycles. The minimum atomic E-state index is -0.323. The van der Waals surface area contributed by atoms with Gasteiger partial charge < -0.3 is 4.74 Å². The van der Waals surface area contributed by atoms with E-state index < -0.39 is 0 Å². The van der Waals surface area contributed by atoms with Gasteiger partial charge in [-0.3, -0.25) is 9.59 Å². The molecule has 0 aliphatic carbocycles. The molecule has 3 rings (SSSR count). The molecule has 140 valence electrons. The quantitative estimate of drug-likeness (QED) is 0.627. The van der Waals surface area contributed by atoms with Crippen molar-refractivity contribution in [2.24, 2.45) is 0 Å². The predicted octanol–water partition coefficient (Wildman–Crippen LogP) is 5.16. The molecule has 4 nitrogen and oxygen atoms in total. The average Bonchev–Trinajstić information content (AvgIpc) is 2.87. The Bertz CT molecular complexity index is 889. The number of rotatable bonds is 6. The summed E-state index contributed by atoms with van der Waals surface area (Å²) in [7, 11) is 0. The van der Waals surface area contributed by atoms with Gasteiger partial charge in [0, 0.05) is 5.02 Å². The molecule has 1 heterocycles. The van der Waals surface area contributed by atoms with Crippen LogP contribution in [0.1, 0.15) is 26.3 Å². The molecule has 0 bridgehead atoms. The molecule has 0 N–H and O–H groups in total. The van der Waals surface area contributed by atoms with Crippen LogP contribution >= 0.6 is 23.4 Å². The van der Waals surface area contributed by atoms with E-state index in [1.165, 1.54) is 16.7 Å². The van der Waals surface area contributed by atoms with Gasteiger partial charge in [0.2, 0.25) is 0 Å². The Balaban J connectivity index is 1.97. The lowest BCUT2D eigenvalue weighted by Gasteiger charge is -2.16. The maximum absolute atomic E-state index is 13.1. The Labute approximate surface area is 168 Å². The normalized spacial score (nSPS) is 14.5. The number of hydrogen-bond donors (Lipinski definition) is 0. The molecule has 27 heavy (non-hydrogen) atoms. The Hall–Kier alpha value is -2.24. The van der Waals surface area contributed by atoms with Crippen LogP contribution < -0.4 is 9.64 Å². The molecule has 1 aliphatic rings. The van der Waals surface area contributed by atoms with Gasteiger partial charge in [-0.05, 0) is 61.6 Å². The summed E-state index contributed by atoms with van der Waals surface area (Å²) in [5.74, 6) is 0.771. The van der Waals surface area contributed by atoms with Gasteiger partial charge in [-0.25, -0.2) is 4.90 Å². The summed E-state index contributed by atoms with van der Waals surface area (Å²) in [5.41, 5.74) is 1.64. The van der Waals surface area contributed by atoms with E-state index in [2.05, 4.69) is 0 Å². The smallest absolute Gasteiger partial charge is 0.272 e. The highest BCUT2D eigenvalue weighted by Gasteiger charge is 2.39. The van der Waals surface area contributed by atoms with E-state index in [0.717, 1.165) is 0 Å². The van der Waals surface area contributed by atoms with E-state index in [4.69, 9.17) is 16.3 Å². The van der Waals surface area contributed by atoms with Crippen molar-refractivity contribution >= 4 is 46.4 Å². The molecule has 0 unspecified atom stereocenters. The lowest BCUT2D eigenvalue weighted by Crippen LogP contribution is -2.31. The fourth-order valence-electron chi connectivity index (χ4n) is 2.84. The zero-order valence-corrected chi connectivity index (χ0v) is 16.9. The van der Waals surface area contributed by atoms with E-state index in [1.54, 1.807) is 48.5 Å². The van der Waals surface area contributed by atoms with Crippen molar-refractivity contribution in [3.05, 3.63) is 64.0 Å². The van der Waals surface area contributed by atoms with E-state index in [1.807, 2.05) is 20.8 Å². The number of hydrogen-bond acceptors (Lipinski definition) is 4. The fraction of sp³-hybridized carbons (Fsp3) is 0.238. The number of halogens is 1. The zero-order valence-electron chi connectivity index (χ0n) is 15.4. The Morgan fingerprint density at radius 2 is 1.63 bits per heavy atom. The van der Waals surface area contributed by atoms with Crippen LogP contribution in [0.4, 0.5) is 5.69 Å². The SMILES string of the molecule is CCSC1=C(c2ccc(Cl)cc2)C(=O)N(c2ccc(OC(C)C)cc2)C1=O. The number of carbonyl (C=O) groups excluding carboxylic acids is 2. The average molecular weight is 402 g/mol. The van der Waals surface area contributed by atoms with Crippen LogP contribution in [-0.2, 0) is 9.59 Å². The van der Waals surface area contributed by atoms with Gasteiger partial charge in [0.25, 0.3) is 11.8 Å². The maximum atomic E-state index is 13.1. The van der Waals surface area contributed by atoms with Crippen molar-refractivity contribution in [3.8, 4) is 5.75 Å². The van der Waals surface area contributed by atoms with Crippen molar-refractivity contribution < 1.29 is 14.3 Å². The first-order valence-electron chi connectivity index (χ1n) is 8.71. The molecular formula is C21H20ClNO3S. The minimum Gasteiger partial charge on any atom is -0.491 e. The van der Waals surface area contributed by atoms with Gasteiger partial charge in [-0.2, -0.15) is 0 Å². The number of amides is 2. The zero-order chi connectivity index (χ0) is 19.6. The summed E-state index contributed by atoms with van der Waals surface area (Å²) >= 11 is 7.34. The van der Waals surface area contributed by atoms with E-state index in [9.17, 15) is 9.59 Å². The van der Waals surface area contributed by atoms with Crippen LogP contribution in [0.15, 0.2) is 53.4 Å². The Morgan fingerprint density at radius 3 is 2.19 bits per heavy atom. The van der Waals surface area contributed by atoms with Crippen LogP contribution in [0.5, 0.6) is 5.75 Å². The maximum Gasteiger partial charge on any atom is 0.272 e. The third kappa shape index (κ3) is 4.04. The molecule has 0 fully saturated rings. The number of anilines is 1. The molecule has 2 aromatic carbocycles. The van der Waals surface area contributed by atoms with Crippen LogP contribution in [0.2, 0.25) is 5.02 Å². The summed E-state index contributed by atoms with van der Waals surface area (Å²) in [4.78, 5) is 27.8. The van der Waals surface area contributed by atoms with Gasteiger partial charge >= 0.3 is 0 Å². The van der Waals surface area contributed by atoms with Gasteiger partial charge in [0.1, 0.15) is 5.75 Å². The molecule has 0 radical (unpaired) electrons. The first kappa shape index (κ1) is 19.5. The first-order valence-corrected chi connectivity index (χ1v) is 10.1. The number of benzene rings is 2. The summed E-state index contributed by atoms with van der Waals surface area (Å²) in [5, 5.41) is 0.582. The summed E-state index contributed by atoms with van der Waals surface area (Å²) in [6.07, 6.45) is 0.0524. The standard InChI is InChI=1S/C21H20ClNO3S/c1-4-27-19-18(14-5-7-15(22)8-6-14)20(24)23(21(19)25)16-9-11-17(12-10-16)26-13(2)3/h5-13H,4H2,1-3H3. The third-order valence-corrected chi connectivity index (χ3v) is 5.14. The Morgan fingerprint density at radius 1 is 1.00 bits per heavy atom. The number of carbonyl (C=O) groups is 2. The molecule has 0 atom stereocenters. The highest BCUT2D eigenvalue weighted by Crippen LogP contribution is 2.38. The fourth-order valence-corrected chi connectivity index (χ4v) is 3.82. The topological polar surface area (TPSA) is 46.6 Å². The molecule has 2 aromatic rings. The van der Waals surface area contributed by atoms with Crippen molar-refractivity contribution in [3.63, 3.8) is 0 Å². The summed E-state index contributed by atoms with van der Waals surface area (Å²) in [6.45, 7) is 5.84. The molecule has 0 aromatic heterocycles. The van der Waals surface area contributed by atoms with Gasteiger partial charge in [-0.15, -0.1) is 11.8 Å². The molecule has 6 heteroatoms. The summed E-state index contributed by atoms with van der Waals surface area (Å²) in [6, 6.07) is 14.0. The third-order valence-electron chi connectivity index (χ3n) is 3.93. The number of nitrogens with zero attached hydrogens (tertiary/aromatic N) is 1. The summed E-state index contributed by atoms with van der Waals surface area (Å²) < 4.78 is 5.63. The van der Waals surface area contributed by atoms with Crippen molar-refractivity contribution in [2.75, 3.05) is 10.7 Å². The molecule has 2 amide bonds. The highest BCUT2D eigenvalue weighted by molar-refractivity contribution is 8.04. The van der Waals surface area contributed by atoms with Gasteiger partial charge in [0.15, 0.2) is 0 Å². The van der Waals surface area contributed by atoms with E-state index in [-0.39, 0.29) is 17.9 Å². The van der Waals surface area contributed by atoms with Crippen LogP contribution in [0.25, 0.3) is 5.57 Å². The second kappa shape index (κ2) is 8.19. The second-order valence-corrected chi connectivity index (χ2v) is 7.96. The van der Waals surface area contributed by atoms with Crippen LogP contribution in [-0.4, -0.2) is 23.7 Å². The predicted molar refractivity (Wildman–Crippen MR) is 111 cm³/mol. The molecule has 0 saturated heterocycles. The minimum absolute atomic E-state index is 0.0524. The number of ether oxygens (including phenoxy) is 1. The molecule has 0 spiro atoms. The lowest BCUT2D eigenvalue weighted by atomic mass is 10.1. The largest absolute Gasteiger partial charge is 0.491 e. The van der Waals surface area contributed by atoms with Crippen molar-refractivity contribution in [1.29, 1.82) is 0 Å². The molecule has 1 aliphatic heterocycles. The van der Waals surface area contributed by atoms with Crippen molar-refractivity contribution in [1.82, 2.24) is 0 Å². The Kier molecular flexibility index (Phi) is 5.92. The lowest BCUT2D eigenvalue weighted by molar-refractivity contribution is -0.119. The van der Waals surface area contributed by atoms with E-state index in [0.29, 0.717) is 38.3 Å². The second-order valence-electron chi connectivity index (χ2n) is 6.25. The van der Waals surface area contributed by atoms with E-state index >= 15 is 0 Å². The monoisotopic (exact) mass is 401 g/mol. The van der Waals surface area contributed by atoms with Crippen LogP contribution in [0, 0.1) is 0 Å². The number of imide groups is 1.